The number of carbonyl (C=O) groups excluding carboxylic acids is 1. The quantitative estimate of drug-likeness (QED) is 0.770. The number of nitrogens with two attached hydrogens (primary N) is 1. The molecule has 84 valence electrons. The average Bonchev–Trinajstić information content (AvgIpc) is 2.24. The van der Waals surface area contributed by atoms with Crippen molar-refractivity contribution in [1.82, 2.24) is 0 Å². The third-order valence-corrected chi connectivity index (χ3v) is 3.73. The van der Waals surface area contributed by atoms with Gasteiger partial charge in [-0.3, -0.25) is 4.79 Å². The molecule has 0 aromatic heterocycles. The Morgan fingerprint density at radius 2 is 2.00 bits per heavy atom. The predicted octanol–water partition coefficient (Wildman–Crippen LogP) is 2.40. The number of hydrogen-bond donors (Lipinski definition) is 1. The van der Waals surface area contributed by atoms with E-state index < -0.39 is 5.41 Å². The van der Waals surface area contributed by atoms with Gasteiger partial charge in [-0.25, -0.2) is 0 Å². The van der Waals surface area contributed by atoms with Crippen LogP contribution in [0, 0.1) is 5.92 Å². The minimum atomic E-state index is -0.667. The fraction of sp³-hybridized carbons (Fsp3) is 0.357. The largest absolute Gasteiger partial charge is 0.369 e. The predicted molar refractivity (Wildman–Crippen MR) is 64.9 cm³/mol. The van der Waals surface area contributed by atoms with E-state index in [2.05, 4.69) is 6.58 Å². The van der Waals surface area contributed by atoms with Crippen LogP contribution in [0.15, 0.2) is 43.0 Å². The molecule has 2 rings (SSSR count). The van der Waals surface area contributed by atoms with E-state index >= 15 is 0 Å². The van der Waals surface area contributed by atoms with E-state index in [4.69, 9.17) is 5.73 Å². The second-order valence-electron chi connectivity index (χ2n) is 4.43. The van der Waals surface area contributed by atoms with Crippen LogP contribution in [0.2, 0.25) is 0 Å². The molecule has 0 radical (unpaired) electrons. The summed E-state index contributed by atoms with van der Waals surface area (Å²) in [5.41, 5.74) is 5.92. The smallest absolute Gasteiger partial charge is 0.232 e. The van der Waals surface area contributed by atoms with Gasteiger partial charge in [0.05, 0.1) is 5.41 Å². The summed E-state index contributed by atoms with van der Waals surface area (Å²) in [6.45, 7) is 3.83. The van der Waals surface area contributed by atoms with E-state index in [-0.39, 0.29) is 5.91 Å². The van der Waals surface area contributed by atoms with Crippen LogP contribution < -0.4 is 5.73 Å². The maximum absolute atomic E-state index is 11.8. The highest BCUT2D eigenvalue weighted by Crippen LogP contribution is 2.44. The SMILES string of the molecule is C=CC(C(N)=O)(c1ccccc1)C1CCC1. The van der Waals surface area contributed by atoms with E-state index in [1.54, 1.807) is 6.08 Å². The maximum Gasteiger partial charge on any atom is 0.232 e. The number of amides is 1. The molecule has 0 heterocycles. The van der Waals surface area contributed by atoms with Gasteiger partial charge in [0.1, 0.15) is 0 Å². The molecule has 1 aliphatic rings. The van der Waals surface area contributed by atoms with Gasteiger partial charge in [0, 0.05) is 0 Å². The summed E-state index contributed by atoms with van der Waals surface area (Å²) in [5, 5.41) is 0. The van der Waals surface area contributed by atoms with Crippen molar-refractivity contribution in [2.24, 2.45) is 11.7 Å². The fourth-order valence-electron chi connectivity index (χ4n) is 2.54. The van der Waals surface area contributed by atoms with E-state index in [1.165, 1.54) is 6.42 Å². The summed E-state index contributed by atoms with van der Waals surface area (Å²) >= 11 is 0. The van der Waals surface area contributed by atoms with Gasteiger partial charge < -0.3 is 5.73 Å². The molecule has 2 heteroatoms. The van der Waals surface area contributed by atoms with Gasteiger partial charge in [0.25, 0.3) is 0 Å². The molecule has 1 amide bonds. The molecule has 1 atom stereocenters. The molecule has 1 aromatic rings. The second kappa shape index (κ2) is 4.12. The van der Waals surface area contributed by atoms with E-state index in [1.807, 2.05) is 30.3 Å². The molecular weight excluding hydrogens is 198 g/mol. The molecular formula is C14H17NO. The summed E-state index contributed by atoms with van der Waals surface area (Å²) in [4.78, 5) is 11.8. The van der Waals surface area contributed by atoms with Crippen LogP contribution in [0.3, 0.4) is 0 Å². The van der Waals surface area contributed by atoms with Gasteiger partial charge in [-0.1, -0.05) is 42.8 Å². The van der Waals surface area contributed by atoms with Crippen molar-refractivity contribution in [2.75, 3.05) is 0 Å². The van der Waals surface area contributed by atoms with Crippen molar-refractivity contribution in [3.8, 4) is 0 Å². The Labute approximate surface area is 96.2 Å². The van der Waals surface area contributed by atoms with Crippen molar-refractivity contribution in [2.45, 2.75) is 24.7 Å². The lowest BCUT2D eigenvalue weighted by molar-refractivity contribution is -0.124. The molecule has 1 unspecified atom stereocenters. The summed E-state index contributed by atoms with van der Waals surface area (Å²) in [6, 6.07) is 9.75. The molecule has 0 aliphatic heterocycles. The van der Waals surface area contributed by atoms with Gasteiger partial charge >= 0.3 is 0 Å². The van der Waals surface area contributed by atoms with Gasteiger partial charge in [0.2, 0.25) is 5.91 Å². The normalized spacial score (nSPS) is 19.5. The van der Waals surface area contributed by atoms with E-state index in [0.717, 1.165) is 18.4 Å². The molecule has 16 heavy (non-hydrogen) atoms. The van der Waals surface area contributed by atoms with Crippen LogP contribution in [0.1, 0.15) is 24.8 Å². The van der Waals surface area contributed by atoms with Crippen LogP contribution >= 0.6 is 0 Å². The van der Waals surface area contributed by atoms with Crippen LogP contribution in [-0.4, -0.2) is 5.91 Å². The molecule has 1 saturated carbocycles. The van der Waals surface area contributed by atoms with Crippen molar-refractivity contribution < 1.29 is 4.79 Å². The first-order valence-corrected chi connectivity index (χ1v) is 5.71. The molecule has 2 nitrogen and oxygen atoms in total. The first-order chi connectivity index (χ1) is 7.71. The Balaban J connectivity index is 2.48. The Kier molecular flexibility index (Phi) is 2.82. The molecule has 2 N–H and O–H groups in total. The maximum atomic E-state index is 11.8. The van der Waals surface area contributed by atoms with Gasteiger partial charge in [-0.05, 0) is 24.3 Å². The third-order valence-electron chi connectivity index (χ3n) is 3.73. The Morgan fingerprint density at radius 1 is 1.38 bits per heavy atom. The molecule has 0 saturated heterocycles. The van der Waals surface area contributed by atoms with Crippen molar-refractivity contribution in [3.05, 3.63) is 48.6 Å². The molecule has 0 spiro atoms. The monoisotopic (exact) mass is 215 g/mol. The second-order valence-corrected chi connectivity index (χ2v) is 4.43. The topological polar surface area (TPSA) is 43.1 Å². The highest BCUT2D eigenvalue weighted by Gasteiger charge is 2.45. The molecule has 0 bridgehead atoms. The van der Waals surface area contributed by atoms with E-state index in [9.17, 15) is 4.79 Å². The van der Waals surface area contributed by atoms with Crippen molar-refractivity contribution in [1.29, 1.82) is 0 Å². The number of benzene rings is 1. The molecule has 1 aromatic carbocycles. The zero-order chi connectivity index (χ0) is 11.6. The Hall–Kier alpha value is -1.57. The van der Waals surface area contributed by atoms with E-state index in [0.29, 0.717) is 5.92 Å². The third kappa shape index (κ3) is 1.45. The van der Waals surface area contributed by atoms with Gasteiger partial charge in [0.15, 0.2) is 0 Å². The van der Waals surface area contributed by atoms with Gasteiger partial charge in [-0.15, -0.1) is 6.58 Å². The molecule has 1 fully saturated rings. The zero-order valence-electron chi connectivity index (χ0n) is 9.36. The lowest BCUT2D eigenvalue weighted by Crippen LogP contribution is -2.48. The number of rotatable bonds is 4. The van der Waals surface area contributed by atoms with Crippen LogP contribution in [0.4, 0.5) is 0 Å². The summed E-state index contributed by atoms with van der Waals surface area (Å²) in [5.74, 6) is 0.0447. The minimum absolute atomic E-state index is 0.279. The Morgan fingerprint density at radius 3 is 2.38 bits per heavy atom. The van der Waals surface area contributed by atoms with Gasteiger partial charge in [-0.2, -0.15) is 0 Å². The summed E-state index contributed by atoms with van der Waals surface area (Å²) in [6.07, 6.45) is 5.03. The Bertz CT molecular complexity index is 394. The van der Waals surface area contributed by atoms with Crippen LogP contribution in [0.5, 0.6) is 0 Å². The number of carbonyl (C=O) groups is 1. The lowest BCUT2D eigenvalue weighted by Gasteiger charge is -2.41. The zero-order valence-corrected chi connectivity index (χ0v) is 9.36. The average molecular weight is 215 g/mol. The fourth-order valence-corrected chi connectivity index (χ4v) is 2.54. The lowest BCUT2D eigenvalue weighted by atomic mass is 9.61. The van der Waals surface area contributed by atoms with Crippen molar-refractivity contribution >= 4 is 5.91 Å². The summed E-state index contributed by atoms with van der Waals surface area (Å²) in [7, 11) is 0. The minimum Gasteiger partial charge on any atom is -0.369 e. The van der Waals surface area contributed by atoms with Crippen LogP contribution in [-0.2, 0) is 10.2 Å². The first kappa shape index (κ1) is 10.9. The highest BCUT2D eigenvalue weighted by molar-refractivity contribution is 5.89. The van der Waals surface area contributed by atoms with Crippen LogP contribution in [0.25, 0.3) is 0 Å². The molecule has 1 aliphatic carbocycles. The summed E-state index contributed by atoms with van der Waals surface area (Å²) < 4.78 is 0. The number of hydrogen-bond acceptors (Lipinski definition) is 1. The number of primary amides is 1. The first-order valence-electron chi connectivity index (χ1n) is 5.71. The highest BCUT2D eigenvalue weighted by atomic mass is 16.1. The standard InChI is InChI=1S/C14H17NO/c1-2-14(13(15)16,12-9-6-10-12)11-7-4-3-5-8-11/h2-5,7-8,12H,1,6,9-10H2,(H2,15,16). The van der Waals surface area contributed by atoms with Crippen molar-refractivity contribution in [3.63, 3.8) is 0 Å².